The molecule has 2 aromatic heterocycles. The third kappa shape index (κ3) is 3.13. The molecule has 0 saturated carbocycles. The summed E-state index contributed by atoms with van der Waals surface area (Å²) in [6.07, 6.45) is 3.79. The molecule has 9 heteroatoms. The Bertz CT molecular complexity index is 1140. The van der Waals surface area contributed by atoms with Crippen molar-refractivity contribution in [2.45, 2.75) is 25.2 Å². The Balaban J connectivity index is 1.60. The number of nitrogens with zero attached hydrogens (tertiary/aromatic N) is 3. The van der Waals surface area contributed by atoms with Crippen LogP contribution in [-0.4, -0.2) is 31.0 Å². The Morgan fingerprint density at radius 3 is 2.75 bits per heavy atom. The van der Waals surface area contributed by atoms with Gasteiger partial charge in [-0.3, -0.25) is 14.5 Å². The Morgan fingerprint density at radius 2 is 2.07 bits per heavy atom. The molecule has 1 aliphatic heterocycles. The number of hydrogen-bond donors (Lipinski definition) is 1. The second-order valence-electron chi connectivity index (χ2n) is 6.55. The second-order valence-corrected chi connectivity index (χ2v) is 8.17. The van der Waals surface area contributed by atoms with Crippen molar-refractivity contribution in [2.24, 2.45) is 0 Å². The largest absolute Gasteiger partial charge is 0.360 e. The number of amides is 1. The van der Waals surface area contributed by atoms with Crippen LogP contribution in [0.25, 0.3) is 0 Å². The third-order valence-electron chi connectivity index (χ3n) is 4.62. The number of anilines is 2. The molecule has 0 aliphatic carbocycles. The van der Waals surface area contributed by atoms with Gasteiger partial charge >= 0.3 is 0 Å². The Labute approximate surface area is 162 Å². The molecule has 0 unspecified atom stereocenters. The lowest BCUT2D eigenvalue weighted by atomic mass is 10.1. The van der Waals surface area contributed by atoms with Gasteiger partial charge < -0.3 is 9.42 Å². The van der Waals surface area contributed by atoms with Crippen LogP contribution in [0.15, 0.2) is 52.1 Å². The van der Waals surface area contributed by atoms with E-state index in [2.05, 4.69) is 14.9 Å². The van der Waals surface area contributed by atoms with Crippen molar-refractivity contribution in [3.8, 4) is 0 Å². The molecule has 28 heavy (non-hydrogen) atoms. The lowest BCUT2D eigenvalue weighted by Gasteiger charge is -2.17. The van der Waals surface area contributed by atoms with Gasteiger partial charge in [-0.1, -0.05) is 5.16 Å². The number of sulfonamides is 1. The normalized spacial score (nSPS) is 13.4. The van der Waals surface area contributed by atoms with Gasteiger partial charge in [0.25, 0.3) is 15.9 Å². The molecule has 1 amide bonds. The van der Waals surface area contributed by atoms with Crippen LogP contribution >= 0.6 is 0 Å². The van der Waals surface area contributed by atoms with Crippen molar-refractivity contribution in [1.29, 1.82) is 0 Å². The first-order valence-electron chi connectivity index (χ1n) is 8.67. The Kier molecular flexibility index (Phi) is 4.38. The molecule has 1 aromatic carbocycles. The number of carbonyl (C=O) groups is 1. The fourth-order valence-electron chi connectivity index (χ4n) is 3.39. The summed E-state index contributed by atoms with van der Waals surface area (Å²) in [4.78, 5) is 18.4. The Hall–Kier alpha value is -3.20. The van der Waals surface area contributed by atoms with Crippen LogP contribution in [0.1, 0.15) is 27.4 Å². The highest BCUT2D eigenvalue weighted by Crippen LogP contribution is 2.32. The average molecular weight is 398 g/mol. The summed E-state index contributed by atoms with van der Waals surface area (Å²) in [7, 11) is -3.82. The van der Waals surface area contributed by atoms with E-state index in [0.29, 0.717) is 29.9 Å². The first-order valence-corrected chi connectivity index (χ1v) is 10.2. The fraction of sp³-hybridized carbons (Fsp3) is 0.211. The van der Waals surface area contributed by atoms with E-state index in [-0.39, 0.29) is 16.6 Å². The molecule has 0 spiro atoms. The maximum absolute atomic E-state index is 12.7. The first kappa shape index (κ1) is 18.2. The van der Waals surface area contributed by atoms with Gasteiger partial charge in [-0.15, -0.1) is 0 Å². The van der Waals surface area contributed by atoms with Crippen LogP contribution in [0.2, 0.25) is 0 Å². The van der Waals surface area contributed by atoms with Gasteiger partial charge in [0.1, 0.15) is 5.69 Å². The van der Waals surface area contributed by atoms with Crippen molar-refractivity contribution in [1.82, 2.24) is 10.1 Å². The monoisotopic (exact) mass is 398 g/mol. The molecule has 144 valence electrons. The van der Waals surface area contributed by atoms with Gasteiger partial charge in [0.15, 0.2) is 10.7 Å². The standard InChI is InChI=1S/C19H18N4O4S/c1-12-18(13(2)27-21-12)28(25,26)22-16-5-6-17-14(10-16)7-9-23(17)19(24)15-4-3-8-20-11-15/h3-6,8,10-11,22H,7,9H2,1-2H3. The predicted octanol–water partition coefficient (Wildman–Crippen LogP) is 2.69. The molecule has 0 fully saturated rings. The molecule has 1 aliphatic rings. The minimum Gasteiger partial charge on any atom is -0.360 e. The summed E-state index contributed by atoms with van der Waals surface area (Å²) in [5.41, 5.74) is 2.91. The zero-order valence-corrected chi connectivity index (χ0v) is 16.2. The van der Waals surface area contributed by atoms with Gasteiger partial charge in [-0.2, -0.15) is 0 Å². The maximum atomic E-state index is 12.7. The van der Waals surface area contributed by atoms with E-state index in [4.69, 9.17) is 4.52 Å². The molecule has 3 heterocycles. The highest BCUT2D eigenvalue weighted by atomic mass is 32.2. The van der Waals surface area contributed by atoms with E-state index in [1.807, 2.05) is 0 Å². The number of carbonyl (C=O) groups excluding carboxylic acids is 1. The van der Waals surface area contributed by atoms with E-state index < -0.39 is 10.0 Å². The molecular formula is C19H18N4O4S. The van der Waals surface area contributed by atoms with Gasteiger partial charge in [0.05, 0.1) is 5.56 Å². The van der Waals surface area contributed by atoms with Gasteiger partial charge in [-0.25, -0.2) is 8.42 Å². The van der Waals surface area contributed by atoms with E-state index in [1.165, 1.54) is 6.20 Å². The van der Waals surface area contributed by atoms with E-state index in [0.717, 1.165) is 11.3 Å². The highest BCUT2D eigenvalue weighted by molar-refractivity contribution is 7.92. The molecule has 8 nitrogen and oxygen atoms in total. The number of pyridine rings is 1. The zero-order chi connectivity index (χ0) is 19.9. The smallest absolute Gasteiger partial charge is 0.267 e. The van der Waals surface area contributed by atoms with Gasteiger partial charge in [0, 0.05) is 30.3 Å². The van der Waals surface area contributed by atoms with Crippen molar-refractivity contribution >= 4 is 27.3 Å². The number of benzene rings is 1. The number of aryl methyl sites for hydroxylation is 2. The van der Waals surface area contributed by atoms with E-state index in [9.17, 15) is 13.2 Å². The van der Waals surface area contributed by atoms with Crippen LogP contribution in [0, 0.1) is 13.8 Å². The maximum Gasteiger partial charge on any atom is 0.267 e. The highest BCUT2D eigenvalue weighted by Gasteiger charge is 2.28. The van der Waals surface area contributed by atoms with Gasteiger partial charge in [-0.05, 0) is 56.2 Å². The lowest BCUT2D eigenvalue weighted by Crippen LogP contribution is -2.28. The minimum atomic E-state index is -3.82. The topological polar surface area (TPSA) is 105 Å². The summed E-state index contributed by atoms with van der Waals surface area (Å²) >= 11 is 0. The summed E-state index contributed by atoms with van der Waals surface area (Å²) in [5, 5.41) is 3.70. The quantitative estimate of drug-likeness (QED) is 0.724. The number of rotatable bonds is 4. The van der Waals surface area contributed by atoms with Crippen LogP contribution in [0.3, 0.4) is 0 Å². The van der Waals surface area contributed by atoms with Crippen molar-refractivity contribution in [3.63, 3.8) is 0 Å². The molecule has 0 radical (unpaired) electrons. The summed E-state index contributed by atoms with van der Waals surface area (Å²) in [5.74, 6) is 0.107. The zero-order valence-electron chi connectivity index (χ0n) is 15.3. The minimum absolute atomic E-state index is 0.0429. The summed E-state index contributed by atoms with van der Waals surface area (Å²) in [6.45, 7) is 3.66. The number of hydrogen-bond acceptors (Lipinski definition) is 6. The average Bonchev–Trinajstić information content (AvgIpc) is 3.24. The second kappa shape index (κ2) is 6.75. The molecule has 0 saturated heterocycles. The Morgan fingerprint density at radius 1 is 1.25 bits per heavy atom. The molecule has 3 aromatic rings. The van der Waals surface area contributed by atoms with Crippen LogP contribution in [-0.2, 0) is 16.4 Å². The molecule has 4 rings (SSSR count). The van der Waals surface area contributed by atoms with Crippen molar-refractivity contribution < 1.29 is 17.7 Å². The van der Waals surface area contributed by atoms with E-state index in [1.54, 1.807) is 55.3 Å². The predicted molar refractivity (Wildman–Crippen MR) is 103 cm³/mol. The SMILES string of the molecule is Cc1noc(C)c1S(=O)(=O)Nc1ccc2c(c1)CCN2C(=O)c1cccnc1. The third-order valence-corrected chi connectivity index (χ3v) is 6.24. The van der Waals surface area contributed by atoms with Crippen molar-refractivity contribution in [2.75, 3.05) is 16.2 Å². The summed E-state index contributed by atoms with van der Waals surface area (Å²) in [6, 6.07) is 8.59. The molecule has 0 bridgehead atoms. The van der Waals surface area contributed by atoms with Gasteiger partial charge in [0.2, 0.25) is 0 Å². The molecule has 1 N–H and O–H groups in total. The van der Waals surface area contributed by atoms with Crippen molar-refractivity contribution in [3.05, 3.63) is 65.3 Å². The van der Waals surface area contributed by atoms with Crippen LogP contribution < -0.4 is 9.62 Å². The summed E-state index contributed by atoms with van der Waals surface area (Å²) < 4.78 is 32.9. The van der Waals surface area contributed by atoms with Crippen LogP contribution in [0.4, 0.5) is 11.4 Å². The number of aromatic nitrogens is 2. The molecule has 0 atom stereocenters. The first-order chi connectivity index (χ1) is 13.4. The number of nitrogens with one attached hydrogen (secondary N) is 1. The lowest BCUT2D eigenvalue weighted by molar-refractivity contribution is 0.0989. The van der Waals surface area contributed by atoms with E-state index >= 15 is 0 Å². The fourth-order valence-corrected chi connectivity index (χ4v) is 4.77. The van der Waals surface area contributed by atoms with Crippen LogP contribution in [0.5, 0.6) is 0 Å². The molecular weight excluding hydrogens is 380 g/mol. The number of fused-ring (bicyclic) bond motifs is 1.